The summed E-state index contributed by atoms with van der Waals surface area (Å²) in [6.45, 7) is 4.78. The molecule has 1 aromatic heterocycles. The highest BCUT2D eigenvalue weighted by Gasteiger charge is 2.18. The molecule has 0 bridgehead atoms. The minimum absolute atomic E-state index is 0.219. The Labute approximate surface area is 141 Å². The third-order valence-electron chi connectivity index (χ3n) is 4.16. The Morgan fingerprint density at radius 2 is 2.17 bits per heavy atom. The van der Waals surface area contributed by atoms with Crippen molar-refractivity contribution in [2.75, 3.05) is 26.2 Å². The van der Waals surface area contributed by atoms with Crippen molar-refractivity contribution in [2.45, 2.75) is 25.8 Å². The molecule has 7 nitrogen and oxygen atoms in total. The van der Waals surface area contributed by atoms with Crippen LogP contribution in [0, 0.1) is 6.92 Å². The third-order valence-corrected chi connectivity index (χ3v) is 4.16. The fourth-order valence-corrected chi connectivity index (χ4v) is 2.76. The average Bonchev–Trinajstić information content (AvgIpc) is 3.11. The second-order valence-corrected chi connectivity index (χ2v) is 5.93. The Kier molecular flexibility index (Phi) is 5.43. The molecular formula is C17H23N5O2. The van der Waals surface area contributed by atoms with Crippen LogP contribution in [0.1, 0.15) is 34.9 Å². The number of hydrogen-bond donors (Lipinski definition) is 2. The topological polar surface area (TPSA) is 81.1 Å². The third kappa shape index (κ3) is 4.11. The maximum Gasteiger partial charge on any atom is 0.273 e. The van der Waals surface area contributed by atoms with Crippen LogP contribution in [0.3, 0.4) is 0 Å². The molecule has 0 spiro atoms. The summed E-state index contributed by atoms with van der Waals surface area (Å²) in [4.78, 5) is 12.1. The molecule has 1 aliphatic rings. The van der Waals surface area contributed by atoms with Crippen LogP contribution in [0.15, 0.2) is 30.5 Å². The van der Waals surface area contributed by atoms with Crippen LogP contribution in [-0.2, 0) is 0 Å². The number of piperidine rings is 1. The van der Waals surface area contributed by atoms with E-state index in [-0.39, 0.29) is 5.91 Å². The van der Waals surface area contributed by atoms with Gasteiger partial charge in [-0.15, -0.1) is 5.10 Å². The maximum atomic E-state index is 12.1. The zero-order valence-corrected chi connectivity index (χ0v) is 13.9. The lowest BCUT2D eigenvalue weighted by molar-refractivity contribution is 0.0942. The first-order valence-corrected chi connectivity index (χ1v) is 8.33. The largest absolute Gasteiger partial charge is 0.491 e. The first kappa shape index (κ1) is 16.4. The van der Waals surface area contributed by atoms with Gasteiger partial charge in [0.1, 0.15) is 12.4 Å². The van der Waals surface area contributed by atoms with Crippen molar-refractivity contribution < 1.29 is 9.53 Å². The molecule has 1 amide bonds. The van der Waals surface area contributed by atoms with Gasteiger partial charge in [-0.3, -0.25) is 4.79 Å². The molecule has 0 radical (unpaired) electrons. The number of nitrogens with zero attached hydrogens (tertiary/aromatic N) is 3. The van der Waals surface area contributed by atoms with Crippen molar-refractivity contribution in [3.05, 3.63) is 41.7 Å². The highest BCUT2D eigenvalue weighted by Crippen LogP contribution is 2.17. The van der Waals surface area contributed by atoms with E-state index in [1.807, 2.05) is 31.2 Å². The average molecular weight is 329 g/mol. The highest BCUT2D eigenvalue weighted by molar-refractivity contribution is 5.91. The summed E-state index contributed by atoms with van der Waals surface area (Å²) in [5.41, 5.74) is 1.43. The number of ether oxygens (including phenoxy) is 1. The summed E-state index contributed by atoms with van der Waals surface area (Å²) < 4.78 is 7.47. The molecule has 1 aliphatic heterocycles. The van der Waals surface area contributed by atoms with E-state index in [1.165, 1.54) is 0 Å². The molecular weight excluding hydrogens is 306 g/mol. The maximum absolute atomic E-state index is 12.1. The van der Waals surface area contributed by atoms with Crippen molar-refractivity contribution in [3.8, 4) is 5.75 Å². The van der Waals surface area contributed by atoms with Crippen LogP contribution in [0.25, 0.3) is 0 Å². The second kappa shape index (κ2) is 7.92. The van der Waals surface area contributed by atoms with Gasteiger partial charge in [0.15, 0.2) is 5.69 Å². The molecule has 1 aromatic carbocycles. The van der Waals surface area contributed by atoms with Gasteiger partial charge in [0.25, 0.3) is 5.91 Å². The Morgan fingerprint density at radius 3 is 2.96 bits per heavy atom. The van der Waals surface area contributed by atoms with Gasteiger partial charge in [-0.25, -0.2) is 4.68 Å². The quantitative estimate of drug-likeness (QED) is 0.781. The predicted molar refractivity (Wildman–Crippen MR) is 90.2 cm³/mol. The molecule has 2 aromatic rings. The number of nitrogens with one attached hydrogen (secondary N) is 2. The van der Waals surface area contributed by atoms with E-state index in [0.29, 0.717) is 24.9 Å². The molecule has 0 aliphatic carbocycles. The van der Waals surface area contributed by atoms with Gasteiger partial charge < -0.3 is 15.4 Å². The van der Waals surface area contributed by atoms with Gasteiger partial charge in [-0.1, -0.05) is 23.4 Å². The fraction of sp³-hybridized carbons (Fsp3) is 0.471. The van der Waals surface area contributed by atoms with Crippen molar-refractivity contribution in [1.82, 2.24) is 25.6 Å². The van der Waals surface area contributed by atoms with Crippen LogP contribution in [0.2, 0.25) is 0 Å². The van der Waals surface area contributed by atoms with Gasteiger partial charge >= 0.3 is 0 Å². The number of rotatable bonds is 6. The molecule has 24 heavy (non-hydrogen) atoms. The van der Waals surface area contributed by atoms with Crippen molar-refractivity contribution in [1.29, 1.82) is 0 Å². The number of carbonyl (C=O) groups is 1. The van der Waals surface area contributed by atoms with Gasteiger partial charge in [-0.05, 0) is 44.5 Å². The Morgan fingerprint density at radius 1 is 1.38 bits per heavy atom. The number of hydrogen-bond acceptors (Lipinski definition) is 5. The lowest BCUT2D eigenvalue weighted by Gasteiger charge is -2.22. The second-order valence-electron chi connectivity index (χ2n) is 5.93. The first-order chi connectivity index (χ1) is 11.7. The Bertz CT molecular complexity index is 679. The van der Waals surface area contributed by atoms with Crippen molar-refractivity contribution in [3.63, 3.8) is 0 Å². The number of benzene rings is 1. The zero-order chi connectivity index (χ0) is 16.8. The van der Waals surface area contributed by atoms with E-state index in [9.17, 15) is 4.79 Å². The summed E-state index contributed by atoms with van der Waals surface area (Å²) in [7, 11) is 0. The van der Waals surface area contributed by atoms with Gasteiger partial charge in [0.2, 0.25) is 0 Å². The number of amides is 1. The summed E-state index contributed by atoms with van der Waals surface area (Å²) in [6, 6.07) is 8.13. The fourth-order valence-electron chi connectivity index (χ4n) is 2.76. The molecule has 2 heterocycles. The number of para-hydroxylation sites is 1. The lowest BCUT2D eigenvalue weighted by atomic mass is 10.1. The van der Waals surface area contributed by atoms with E-state index in [0.717, 1.165) is 37.2 Å². The molecule has 0 atom stereocenters. The Hall–Kier alpha value is -2.41. The lowest BCUT2D eigenvalue weighted by Crippen LogP contribution is -2.30. The molecule has 128 valence electrons. The van der Waals surface area contributed by atoms with Crippen LogP contribution in [-0.4, -0.2) is 47.1 Å². The summed E-state index contributed by atoms with van der Waals surface area (Å²) in [6.07, 6.45) is 3.75. The molecule has 1 saturated heterocycles. The first-order valence-electron chi connectivity index (χ1n) is 8.33. The predicted octanol–water partition coefficient (Wildman–Crippen LogP) is 1.32. The summed E-state index contributed by atoms with van der Waals surface area (Å²) in [5.74, 6) is 0.618. The van der Waals surface area contributed by atoms with E-state index < -0.39 is 0 Å². The van der Waals surface area contributed by atoms with E-state index in [2.05, 4.69) is 20.9 Å². The SMILES string of the molecule is Cc1ccccc1OCCNC(=O)c1cn(C2CCNCC2)nn1. The summed E-state index contributed by atoms with van der Waals surface area (Å²) in [5, 5.41) is 14.2. The smallest absolute Gasteiger partial charge is 0.273 e. The van der Waals surface area contributed by atoms with Crippen LogP contribution < -0.4 is 15.4 Å². The van der Waals surface area contributed by atoms with E-state index in [4.69, 9.17) is 4.74 Å². The standard InChI is InChI=1S/C17H23N5O2/c1-13-4-2-3-5-16(13)24-11-10-19-17(23)15-12-22(21-20-15)14-6-8-18-9-7-14/h2-5,12,14,18H,6-11H2,1H3,(H,19,23). The van der Waals surface area contributed by atoms with Gasteiger partial charge in [0, 0.05) is 0 Å². The van der Waals surface area contributed by atoms with E-state index in [1.54, 1.807) is 10.9 Å². The Balaban J connectivity index is 1.45. The van der Waals surface area contributed by atoms with Crippen molar-refractivity contribution in [2.24, 2.45) is 0 Å². The number of aryl methyl sites for hydroxylation is 1. The normalized spacial score (nSPS) is 15.2. The minimum Gasteiger partial charge on any atom is -0.491 e. The molecule has 0 unspecified atom stereocenters. The zero-order valence-electron chi connectivity index (χ0n) is 13.9. The van der Waals surface area contributed by atoms with Crippen molar-refractivity contribution >= 4 is 5.91 Å². The number of aromatic nitrogens is 3. The van der Waals surface area contributed by atoms with Crippen LogP contribution in [0.4, 0.5) is 0 Å². The number of carbonyl (C=O) groups excluding carboxylic acids is 1. The molecule has 2 N–H and O–H groups in total. The highest BCUT2D eigenvalue weighted by atomic mass is 16.5. The van der Waals surface area contributed by atoms with E-state index >= 15 is 0 Å². The molecule has 7 heteroatoms. The van der Waals surface area contributed by atoms with Crippen LogP contribution >= 0.6 is 0 Å². The molecule has 3 rings (SSSR count). The van der Waals surface area contributed by atoms with Crippen LogP contribution in [0.5, 0.6) is 5.75 Å². The molecule has 1 fully saturated rings. The molecule has 0 saturated carbocycles. The van der Waals surface area contributed by atoms with Gasteiger partial charge in [0.05, 0.1) is 18.8 Å². The van der Waals surface area contributed by atoms with Gasteiger partial charge in [-0.2, -0.15) is 0 Å². The summed E-state index contributed by atoms with van der Waals surface area (Å²) >= 11 is 0. The monoisotopic (exact) mass is 329 g/mol. The minimum atomic E-state index is -0.219.